The molecule has 0 aromatic heterocycles. The predicted molar refractivity (Wildman–Crippen MR) is 133 cm³/mol. The number of nitrogens with zero attached hydrogens (tertiary/aromatic N) is 1. The number of esters is 1. The number of hydrogen-bond acceptors (Lipinski definition) is 7. The Bertz CT molecular complexity index is 1370. The van der Waals surface area contributed by atoms with E-state index in [0.717, 1.165) is 11.1 Å². The summed E-state index contributed by atoms with van der Waals surface area (Å²) in [6, 6.07) is 18.6. The second-order valence-corrected chi connectivity index (χ2v) is 9.61. The lowest BCUT2D eigenvalue weighted by Crippen LogP contribution is -2.23. The van der Waals surface area contributed by atoms with E-state index in [9.17, 15) is 18.0 Å². The molecule has 0 unspecified atom stereocenters. The van der Waals surface area contributed by atoms with Gasteiger partial charge in [-0.2, -0.15) is 0 Å². The summed E-state index contributed by atoms with van der Waals surface area (Å²) < 4.78 is 39.4. The molecule has 1 aliphatic heterocycles. The van der Waals surface area contributed by atoms with Crippen LogP contribution in [0.25, 0.3) is 0 Å². The van der Waals surface area contributed by atoms with Gasteiger partial charge in [-0.25, -0.2) is 18.4 Å². The van der Waals surface area contributed by atoms with Crippen LogP contribution in [0.4, 0.5) is 5.69 Å². The van der Waals surface area contributed by atoms with Crippen LogP contribution >= 0.6 is 0 Å². The summed E-state index contributed by atoms with van der Waals surface area (Å²) in [6.07, 6.45) is 0.590. The Kier molecular flexibility index (Phi) is 7.56. The van der Waals surface area contributed by atoms with Crippen molar-refractivity contribution in [2.24, 2.45) is 5.14 Å². The fraction of sp³-hybridized carbons (Fsp3) is 0.231. The monoisotopic (exact) mass is 510 g/mol. The first-order valence-corrected chi connectivity index (χ1v) is 12.9. The van der Waals surface area contributed by atoms with Gasteiger partial charge in [-0.05, 0) is 61.0 Å². The van der Waals surface area contributed by atoms with E-state index in [1.54, 1.807) is 42.2 Å². The summed E-state index contributed by atoms with van der Waals surface area (Å²) in [5, 5.41) is 5.16. The number of sulfonamides is 1. The van der Waals surface area contributed by atoms with Crippen LogP contribution in [-0.4, -0.2) is 40.1 Å². The quantitative estimate of drug-likeness (QED) is 0.416. The van der Waals surface area contributed by atoms with Crippen LogP contribution < -0.4 is 19.5 Å². The lowest BCUT2D eigenvalue weighted by molar-refractivity contribution is -0.145. The zero-order valence-corrected chi connectivity index (χ0v) is 20.5. The summed E-state index contributed by atoms with van der Waals surface area (Å²) in [5.41, 5.74) is 2.84. The Labute approximate surface area is 209 Å². The van der Waals surface area contributed by atoms with Crippen LogP contribution in [0.2, 0.25) is 0 Å². The van der Waals surface area contributed by atoms with E-state index in [2.05, 4.69) is 0 Å². The van der Waals surface area contributed by atoms with E-state index in [0.29, 0.717) is 48.9 Å². The smallest absolute Gasteiger partial charge is 0.344 e. The molecule has 1 amide bonds. The van der Waals surface area contributed by atoms with Gasteiger partial charge in [-0.1, -0.05) is 18.2 Å². The van der Waals surface area contributed by atoms with Crippen molar-refractivity contribution in [3.63, 3.8) is 0 Å². The molecule has 1 aliphatic rings. The molecule has 3 aromatic carbocycles. The van der Waals surface area contributed by atoms with Crippen molar-refractivity contribution in [2.75, 3.05) is 24.7 Å². The maximum atomic E-state index is 13.0. The van der Waals surface area contributed by atoms with Gasteiger partial charge in [-0.3, -0.25) is 4.79 Å². The zero-order valence-electron chi connectivity index (χ0n) is 19.7. The van der Waals surface area contributed by atoms with Crippen molar-refractivity contribution in [3.8, 4) is 11.5 Å². The van der Waals surface area contributed by atoms with Gasteiger partial charge in [0.25, 0.3) is 5.91 Å². The lowest BCUT2D eigenvalue weighted by Gasteiger charge is -2.16. The number of benzene rings is 3. The number of anilines is 1. The second-order valence-electron chi connectivity index (χ2n) is 8.05. The molecule has 2 N–H and O–H groups in total. The number of rotatable bonds is 10. The first-order chi connectivity index (χ1) is 17.3. The standard InChI is InChI=1S/C26H26N2O7S/c1-2-33-25(29)17-35-20-6-3-5-18(15-20)13-14-34-24-8-4-7-22-23(24)16-28(26(22)30)19-9-11-21(12-10-19)36(27,31)32/h3-12,15H,2,13-14,16-17H2,1H3,(H2,27,31,32). The maximum absolute atomic E-state index is 13.0. The van der Waals surface area contributed by atoms with E-state index in [1.807, 2.05) is 24.3 Å². The van der Waals surface area contributed by atoms with Crippen molar-refractivity contribution >= 4 is 27.6 Å². The molecule has 0 atom stereocenters. The van der Waals surface area contributed by atoms with Crippen LogP contribution in [0.15, 0.2) is 71.6 Å². The Morgan fingerprint density at radius 2 is 1.78 bits per heavy atom. The van der Waals surface area contributed by atoms with Gasteiger partial charge in [-0.15, -0.1) is 0 Å². The summed E-state index contributed by atoms with van der Waals surface area (Å²) in [6.45, 7) is 2.56. The van der Waals surface area contributed by atoms with Gasteiger partial charge in [0.05, 0.1) is 24.7 Å². The Morgan fingerprint density at radius 1 is 1.03 bits per heavy atom. The Balaban J connectivity index is 1.39. The van der Waals surface area contributed by atoms with Gasteiger partial charge in [0.1, 0.15) is 11.5 Å². The molecular formula is C26H26N2O7S. The molecule has 0 saturated heterocycles. The Morgan fingerprint density at radius 3 is 2.50 bits per heavy atom. The minimum absolute atomic E-state index is 0.0187. The number of nitrogens with two attached hydrogens (primary N) is 1. The van der Waals surface area contributed by atoms with Gasteiger partial charge in [0, 0.05) is 23.2 Å². The molecule has 9 nitrogen and oxygen atoms in total. The highest BCUT2D eigenvalue weighted by atomic mass is 32.2. The molecule has 188 valence electrons. The van der Waals surface area contributed by atoms with Crippen molar-refractivity contribution in [3.05, 3.63) is 83.4 Å². The molecule has 0 aliphatic carbocycles. The van der Waals surface area contributed by atoms with Crippen molar-refractivity contribution < 1.29 is 32.2 Å². The van der Waals surface area contributed by atoms with E-state index in [4.69, 9.17) is 19.3 Å². The first-order valence-electron chi connectivity index (χ1n) is 11.3. The van der Waals surface area contributed by atoms with Gasteiger partial charge < -0.3 is 19.1 Å². The SMILES string of the molecule is CCOC(=O)COc1cccc(CCOc2cccc3c2CN(c2ccc(S(N)(=O)=O)cc2)C3=O)c1. The number of ether oxygens (including phenoxy) is 3. The lowest BCUT2D eigenvalue weighted by atomic mass is 10.1. The first kappa shape index (κ1) is 25.2. The number of carbonyl (C=O) groups excluding carboxylic acids is 2. The number of hydrogen-bond donors (Lipinski definition) is 1. The zero-order chi connectivity index (χ0) is 25.7. The van der Waals surface area contributed by atoms with Crippen LogP contribution in [0.3, 0.4) is 0 Å². The van der Waals surface area contributed by atoms with Crippen molar-refractivity contribution in [2.45, 2.75) is 24.8 Å². The topological polar surface area (TPSA) is 125 Å². The second kappa shape index (κ2) is 10.8. The van der Waals surface area contributed by atoms with Crippen molar-refractivity contribution in [1.29, 1.82) is 0 Å². The maximum Gasteiger partial charge on any atom is 0.344 e. The molecule has 3 aromatic rings. The Hall–Kier alpha value is -3.89. The molecular weight excluding hydrogens is 484 g/mol. The predicted octanol–water partition coefficient (Wildman–Crippen LogP) is 3.06. The molecule has 0 fully saturated rings. The molecule has 4 rings (SSSR count). The van der Waals surface area contributed by atoms with E-state index >= 15 is 0 Å². The highest BCUT2D eigenvalue weighted by molar-refractivity contribution is 7.89. The minimum Gasteiger partial charge on any atom is -0.493 e. The minimum atomic E-state index is -3.81. The summed E-state index contributed by atoms with van der Waals surface area (Å²) in [7, 11) is -3.81. The third-order valence-corrected chi connectivity index (χ3v) is 6.54. The average molecular weight is 511 g/mol. The molecule has 0 bridgehead atoms. The van der Waals surface area contributed by atoms with Crippen LogP contribution in [0.5, 0.6) is 11.5 Å². The van der Waals surface area contributed by atoms with Gasteiger partial charge in [0.2, 0.25) is 10.0 Å². The van der Waals surface area contributed by atoms with Crippen molar-refractivity contribution in [1.82, 2.24) is 0 Å². The molecule has 36 heavy (non-hydrogen) atoms. The molecule has 1 heterocycles. The number of primary sulfonamides is 1. The summed E-state index contributed by atoms with van der Waals surface area (Å²) >= 11 is 0. The third kappa shape index (κ3) is 5.84. The average Bonchev–Trinajstić information content (AvgIpc) is 3.20. The van der Waals surface area contributed by atoms with Gasteiger partial charge >= 0.3 is 5.97 Å². The highest BCUT2D eigenvalue weighted by Gasteiger charge is 2.31. The number of amides is 1. The van der Waals surface area contributed by atoms with Crippen LogP contribution in [-0.2, 0) is 32.5 Å². The molecule has 0 saturated carbocycles. The van der Waals surface area contributed by atoms with Gasteiger partial charge in [0.15, 0.2) is 6.61 Å². The fourth-order valence-electron chi connectivity index (χ4n) is 3.88. The number of carbonyl (C=O) groups is 2. The van der Waals surface area contributed by atoms with Crippen LogP contribution in [0, 0.1) is 0 Å². The van der Waals surface area contributed by atoms with E-state index < -0.39 is 16.0 Å². The fourth-order valence-corrected chi connectivity index (χ4v) is 4.39. The normalized spacial score (nSPS) is 12.8. The molecule has 0 spiro atoms. The summed E-state index contributed by atoms with van der Waals surface area (Å²) in [5.74, 6) is 0.563. The molecule has 10 heteroatoms. The summed E-state index contributed by atoms with van der Waals surface area (Å²) in [4.78, 5) is 26.0. The highest BCUT2D eigenvalue weighted by Crippen LogP contribution is 2.34. The third-order valence-electron chi connectivity index (χ3n) is 5.61. The van der Waals surface area contributed by atoms with Crippen LogP contribution in [0.1, 0.15) is 28.4 Å². The van der Waals surface area contributed by atoms with E-state index in [1.165, 1.54) is 12.1 Å². The number of fused-ring (bicyclic) bond motifs is 1. The van der Waals surface area contributed by atoms with E-state index in [-0.39, 0.29) is 17.4 Å². The molecule has 0 radical (unpaired) electrons. The largest absolute Gasteiger partial charge is 0.493 e.